The van der Waals surface area contributed by atoms with E-state index in [0.717, 1.165) is 69.8 Å². The van der Waals surface area contributed by atoms with Gasteiger partial charge < -0.3 is 24.6 Å². The van der Waals surface area contributed by atoms with Crippen molar-refractivity contribution in [1.82, 2.24) is 15.2 Å². The van der Waals surface area contributed by atoms with Gasteiger partial charge in [-0.05, 0) is 18.2 Å². The molecule has 0 atom stereocenters. The number of ether oxygens (including phenoxy) is 2. The lowest BCUT2D eigenvalue weighted by Crippen LogP contribution is -2.47. The van der Waals surface area contributed by atoms with Crippen LogP contribution in [0.25, 0.3) is 0 Å². The molecule has 2 aliphatic rings. The van der Waals surface area contributed by atoms with Gasteiger partial charge in [-0.15, -0.1) is 24.0 Å². The Morgan fingerprint density at radius 3 is 2.55 bits per heavy atom. The van der Waals surface area contributed by atoms with Crippen LogP contribution in [0.4, 0.5) is 5.82 Å². The van der Waals surface area contributed by atoms with Crippen LogP contribution in [0.2, 0.25) is 0 Å². The second kappa shape index (κ2) is 12.1. The first kappa shape index (κ1) is 23.6. The van der Waals surface area contributed by atoms with Crippen molar-refractivity contribution < 1.29 is 9.47 Å². The van der Waals surface area contributed by atoms with E-state index < -0.39 is 0 Å². The lowest BCUT2D eigenvalue weighted by molar-refractivity contribution is 0.122. The average Bonchev–Trinajstić information content (AvgIpc) is 2.82. The third kappa shape index (κ3) is 6.46. The van der Waals surface area contributed by atoms with Crippen LogP contribution in [0.15, 0.2) is 53.7 Å². The molecule has 31 heavy (non-hydrogen) atoms. The number of likely N-dealkylation sites (tertiary alicyclic amines) is 1. The van der Waals surface area contributed by atoms with Gasteiger partial charge in [0, 0.05) is 64.4 Å². The smallest absolute Gasteiger partial charge is 0.193 e. The van der Waals surface area contributed by atoms with Gasteiger partial charge in [0.2, 0.25) is 0 Å². The molecule has 1 N–H and O–H groups in total. The Labute approximate surface area is 201 Å². The first-order valence-corrected chi connectivity index (χ1v) is 10.8. The minimum absolute atomic E-state index is 0. The molecule has 4 rings (SSSR count). The fourth-order valence-electron chi connectivity index (χ4n) is 4.01. The zero-order valence-corrected chi connectivity index (χ0v) is 20.4. The number of aliphatic imine (C=N–C) groups is 1. The van der Waals surface area contributed by atoms with E-state index in [4.69, 9.17) is 9.47 Å². The zero-order chi connectivity index (χ0) is 20.6. The predicted octanol–water partition coefficient (Wildman–Crippen LogP) is 3.16. The third-order valence-corrected chi connectivity index (χ3v) is 5.61. The number of nitrogens with zero attached hydrogens (tertiary/aromatic N) is 4. The fourth-order valence-corrected chi connectivity index (χ4v) is 4.01. The van der Waals surface area contributed by atoms with Crippen molar-refractivity contribution in [3.05, 3.63) is 54.2 Å². The number of hydrogen-bond acceptors (Lipinski definition) is 5. The van der Waals surface area contributed by atoms with Gasteiger partial charge in [-0.3, -0.25) is 4.99 Å². The van der Waals surface area contributed by atoms with E-state index in [1.165, 1.54) is 5.56 Å². The number of para-hydroxylation sites is 1. The van der Waals surface area contributed by atoms with Crippen LogP contribution in [0.3, 0.4) is 0 Å². The summed E-state index contributed by atoms with van der Waals surface area (Å²) < 4.78 is 11.6. The fraction of sp³-hybridized carbons (Fsp3) is 0.478. The van der Waals surface area contributed by atoms with Crippen LogP contribution in [-0.4, -0.2) is 68.4 Å². The molecule has 0 amide bonds. The maximum Gasteiger partial charge on any atom is 0.193 e. The third-order valence-electron chi connectivity index (χ3n) is 5.61. The van der Waals surface area contributed by atoms with E-state index in [1.807, 2.05) is 49.6 Å². The molecule has 0 radical (unpaired) electrons. The molecule has 168 valence electrons. The van der Waals surface area contributed by atoms with Gasteiger partial charge in [0.25, 0.3) is 0 Å². The molecule has 0 spiro atoms. The van der Waals surface area contributed by atoms with Crippen LogP contribution in [0.1, 0.15) is 18.4 Å². The number of piperidine rings is 1. The maximum absolute atomic E-state index is 6.12. The highest BCUT2D eigenvalue weighted by Gasteiger charge is 2.23. The number of rotatable bonds is 5. The average molecular weight is 537 g/mol. The summed E-state index contributed by atoms with van der Waals surface area (Å²) in [4.78, 5) is 13.8. The second-order valence-corrected chi connectivity index (χ2v) is 7.60. The molecule has 1 aromatic heterocycles. The summed E-state index contributed by atoms with van der Waals surface area (Å²) in [5.74, 6) is 2.93. The number of nitrogens with one attached hydrogen (secondary N) is 1. The van der Waals surface area contributed by atoms with Crippen LogP contribution in [-0.2, 0) is 11.3 Å². The van der Waals surface area contributed by atoms with Crippen molar-refractivity contribution >= 4 is 35.8 Å². The van der Waals surface area contributed by atoms with E-state index in [9.17, 15) is 0 Å². The van der Waals surface area contributed by atoms with E-state index >= 15 is 0 Å². The molecule has 2 fully saturated rings. The summed E-state index contributed by atoms with van der Waals surface area (Å²) >= 11 is 0. The second-order valence-electron chi connectivity index (χ2n) is 7.60. The Morgan fingerprint density at radius 2 is 1.84 bits per heavy atom. The van der Waals surface area contributed by atoms with Crippen LogP contribution >= 0.6 is 24.0 Å². The Kier molecular flexibility index (Phi) is 9.20. The van der Waals surface area contributed by atoms with Crippen molar-refractivity contribution in [2.45, 2.75) is 25.5 Å². The molecule has 1 aromatic carbocycles. The Hall–Kier alpha value is -2.07. The van der Waals surface area contributed by atoms with Crippen LogP contribution in [0.5, 0.6) is 5.75 Å². The topological polar surface area (TPSA) is 62.2 Å². The predicted molar refractivity (Wildman–Crippen MR) is 135 cm³/mol. The van der Waals surface area contributed by atoms with Crippen molar-refractivity contribution in [3.63, 3.8) is 0 Å². The number of anilines is 1. The first-order valence-electron chi connectivity index (χ1n) is 10.8. The summed E-state index contributed by atoms with van der Waals surface area (Å²) in [5.41, 5.74) is 1.18. The van der Waals surface area contributed by atoms with Gasteiger partial charge in [-0.25, -0.2) is 4.98 Å². The zero-order valence-electron chi connectivity index (χ0n) is 18.1. The normalized spacial score (nSPS) is 17.8. The molecule has 0 unspecified atom stereocenters. The summed E-state index contributed by atoms with van der Waals surface area (Å²) in [5, 5.41) is 3.54. The lowest BCUT2D eigenvalue weighted by atomic mass is 10.1. The highest BCUT2D eigenvalue weighted by atomic mass is 127. The van der Waals surface area contributed by atoms with E-state index in [-0.39, 0.29) is 30.1 Å². The molecule has 2 aliphatic heterocycles. The first-order chi connectivity index (χ1) is 14.8. The number of pyridine rings is 1. The number of aromatic nitrogens is 1. The van der Waals surface area contributed by atoms with Crippen molar-refractivity contribution in [1.29, 1.82) is 0 Å². The SMILES string of the molecule is CN=C(NCc1cccnc1N1CCOCC1)N1CCC(Oc2ccccc2)CC1.I. The molecule has 8 heteroatoms. The molecule has 3 heterocycles. The van der Waals surface area contributed by atoms with Crippen molar-refractivity contribution in [2.75, 3.05) is 51.3 Å². The number of halogens is 1. The molecule has 0 bridgehead atoms. The molecular formula is C23H32IN5O2. The number of morpholine rings is 1. The Bertz CT molecular complexity index is 822. The largest absolute Gasteiger partial charge is 0.490 e. The summed E-state index contributed by atoms with van der Waals surface area (Å²) in [6.45, 7) is 5.84. The van der Waals surface area contributed by atoms with Gasteiger partial charge in [-0.2, -0.15) is 0 Å². The number of guanidine groups is 1. The van der Waals surface area contributed by atoms with Crippen LogP contribution in [0, 0.1) is 0 Å². The standard InChI is InChI=1S/C23H31N5O2.HI/c1-24-23(28-12-9-21(10-13-28)30-20-7-3-2-4-8-20)26-18-19-6-5-11-25-22(19)27-14-16-29-17-15-27;/h2-8,11,21H,9-10,12-18H2,1H3,(H,24,26);1H. The van der Waals surface area contributed by atoms with Gasteiger partial charge >= 0.3 is 0 Å². The summed E-state index contributed by atoms with van der Waals surface area (Å²) in [6, 6.07) is 14.2. The quantitative estimate of drug-likeness (QED) is 0.360. The van der Waals surface area contributed by atoms with Gasteiger partial charge in [0.1, 0.15) is 17.7 Å². The molecular weight excluding hydrogens is 505 g/mol. The maximum atomic E-state index is 6.12. The molecule has 7 nitrogen and oxygen atoms in total. The Morgan fingerprint density at radius 1 is 1.10 bits per heavy atom. The summed E-state index contributed by atoms with van der Waals surface area (Å²) in [7, 11) is 1.85. The van der Waals surface area contributed by atoms with Crippen molar-refractivity contribution in [3.8, 4) is 5.75 Å². The highest BCUT2D eigenvalue weighted by molar-refractivity contribution is 14.0. The molecule has 0 saturated carbocycles. The Balaban J connectivity index is 0.00000272. The van der Waals surface area contributed by atoms with E-state index in [2.05, 4.69) is 31.2 Å². The van der Waals surface area contributed by atoms with E-state index in [1.54, 1.807) is 0 Å². The monoisotopic (exact) mass is 537 g/mol. The van der Waals surface area contributed by atoms with Crippen LogP contribution < -0.4 is 15.0 Å². The lowest BCUT2D eigenvalue weighted by Gasteiger charge is -2.34. The minimum atomic E-state index is 0. The minimum Gasteiger partial charge on any atom is -0.490 e. The van der Waals surface area contributed by atoms with E-state index in [0.29, 0.717) is 6.54 Å². The molecule has 0 aliphatic carbocycles. The van der Waals surface area contributed by atoms with Crippen molar-refractivity contribution in [2.24, 2.45) is 4.99 Å². The highest BCUT2D eigenvalue weighted by Crippen LogP contribution is 2.20. The summed E-state index contributed by atoms with van der Waals surface area (Å²) in [6.07, 6.45) is 4.09. The number of benzene rings is 1. The number of hydrogen-bond donors (Lipinski definition) is 1. The van der Waals surface area contributed by atoms with Gasteiger partial charge in [0.05, 0.1) is 13.2 Å². The molecule has 2 aromatic rings. The van der Waals surface area contributed by atoms with Gasteiger partial charge in [0.15, 0.2) is 5.96 Å². The molecule has 2 saturated heterocycles. The van der Waals surface area contributed by atoms with Gasteiger partial charge in [-0.1, -0.05) is 24.3 Å².